The molecule has 0 radical (unpaired) electrons. The van der Waals surface area contributed by atoms with Gasteiger partial charge < -0.3 is 4.42 Å². The van der Waals surface area contributed by atoms with Crippen LogP contribution in [0.5, 0.6) is 0 Å². The van der Waals surface area contributed by atoms with E-state index in [1.165, 1.54) is 23.1 Å². The molecule has 0 aliphatic heterocycles. The number of hydrogen-bond acceptors (Lipinski definition) is 6. The van der Waals surface area contributed by atoms with Crippen LogP contribution in [0, 0.1) is 13.8 Å². The smallest absolute Gasteiger partial charge is 0.261 e. The van der Waals surface area contributed by atoms with E-state index in [9.17, 15) is 4.79 Å². The Morgan fingerprint density at radius 3 is 2.76 bits per heavy atom. The van der Waals surface area contributed by atoms with Crippen LogP contribution >= 0.6 is 23.1 Å². The van der Waals surface area contributed by atoms with Crippen molar-refractivity contribution in [2.45, 2.75) is 18.2 Å². The lowest BCUT2D eigenvalue weighted by Gasteiger charge is -1.97. The molecule has 2 aromatic rings. The molecule has 0 fully saturated rings. The molecule has 1 amide bonds. The summed E-state index contributed by atoms with van der Waals surface area (Å²) in [5.41, 5.74) is 0.531. The van der Waals surface area contributed by atoms with Crippen LogP contribution in [0.4, 0.5) is 5.13 Å². The van der Waals surface area contributed by atoms with Crippen molar-refractivity contribution in [2.75, 3.05) is 11.6 Å². The largest absolute Gasteiger partial charge is 0.466 e. The second kappa shape index (κ2) is 4.89. The van der Waals surface area contributed by atoms with Gasteiger partial charge in [-0.25, -0.2) is 0 Å². The van der Waals surface area contributed by atoms with Gasteiger partial charge in [-0.15, -0.1) is 10.2 Å². The molecule has 0 bridgehead atoms. The van der Waals surface area contributed by atoms with Crippen LogP contribution in [0.1, 0.15) is 21.9 Å². The van der Waals surface area contributed by atoms with Crippen molar-refractivity contribution in [2.24, 2.45) is 0 Å². The molecule has 17 heavy (non-hydrogen) atoms. The summed E-state index contributed by atoms with van der Waals surface area (Å²) in [5, 5.41) is 11.0. The molecule has 90 valence electrons. The third kappa shape index (κ3) is 2.67. The van der Waals surface area contributed by atoms with Crippen LogP contribution in [-0.2, 0) is 0 Å². The maximum atomic E-state index is 11.9. The summed E-state index contributed by atoms with van der Waals surface area (Å²) >= 11 is 2.84. The van der Waals surface area contributed by atoms with Crippen LogP contribution in [0.15, 0.2) is 14.8 Å². The van der Waals surface area contributed by atoms with E-state index >= 15 is 0 Å². The number of hydrogen-bond donors (Lipinski definition) is 1. The van der Waals surface area contributed by atoms with Crippen LogP contribution in [-0.4, -0.2) is 22.4 Å². The van der Waals surface area contributed by atoms with Gasteiger partial charge in [0.25, 0.3) is 5.91 Å². The Balaban J connectivity index is 2.14. The summed E-state index contributed by atoms with van der Waals surface area (Å²) in [6.45, 7) is 3.57. The molecule has 2 rings (SSSR count). The number of aryl methyl sites for hydroxylation is 2. The van der Waals surface area contributed by atoms with E-state index in [4.69, 9.17) is 4.42 Å². The minimum atomic E-state index is -0.219. The van der Waals surface area contributed by atoms with Gasteiger partial charge in [0.1, 0.15) is 11.5 Å². The maximum absolute atomic E-state index is 11.9. The molecule has 7 heteroatoms. The van der Waals surface area contributed by atoms with Gasteiger partial charge >= 0.3 is 0 Å². The number of thioether (sulfide) groups is 1. The van der Waals surface area contributed by atoms with Crippen LogP contribution in [0.3, 0.4) is 0 Å². The molecule has 0 aliphatic rings. The fraction of sp³-hybridized carbons (Fsp3) is 0.300. The van der Waals surface area contributed by atoms with Gasteiger partial charge in [-0.2, -0.15) is 0 Å². The Labute approximate surface area is 107 Å². The highest BCUT2D eigenvalue weighted by Crippen LogP contribution is 2.24. The van der Waals surface area contributed by atoms with Gasteiger partial charge in [-0.3, -0.25) is 10.1 Å². The van der Waals surface area contributed by atoms with Gasteiger partial charge in [0, 0.05) is 0 Å². The molecule has 0 aliphatic carbocycles. The number of amides is 1. The fourth-order valence-electron chi connectivity index (χ4n) is 1.36. The average Bonchev–Trinajstić information content (AvgIpc) is 2.85. The zero-order valence-corrected chi connectivity index (χ0v) is 11.2. The van der Waals surface area contributed by atoms with Crippen molar-refractivity contribution in [1.29, 1.82) is 0 Å². The monoisotopic (exact) mass is 269 g/mol. The van der Waals surface area contributed by atoms with Gasteiger partial charge in [-0.1, -0.05) is 23.1 Å². The van der Waals surface area contributed by atoms with Gasteiger partial charge in [0.15, 0.2) is 4.34 Å². The summed E-state index contributed by atoms with van der Waals surface area (Å²) in [7, 11) is 0. The Hall–Kier alpha value is -1.34. The SMILES string of the molecule is CSc1nnc(NC(=O)c2cc(C)oc2C)s1. The van der Waals surface area contributed by atoms with Crippen LogP contribution in [0.2, 0.25) is 0 Å². The Kier molecular flexibility index (Phi) is 3.49. The number of carbonyl (C=O) groups excluding carboxylic acids is 1. The highest BCUT2D eigenvalue weighted by molar-refractivity contribution is 8.00. The van der Waals surface area contributed by atoms with E-state index in [1.54, 1.807) is 19.9 Å². The van der Waals surface area contributed by atoms with E-state index in [0.29, 0.717) is 16.5 Å². The first-order valence-electron chi connectivity index (χ1n) is 4.86. The first-order chi connectivity index (χ1) is 8.10. The number of furan rings is 1. The lowest BCUT2D eigenvalue weighted by Crippen LogP contribution is -2.11. The van der Waals surface area contributed by atoms with Crippen LogP contribution in [0.25, 0.3) is 0 Å². The summed E-state index contributed by atoms with van der Waals surface area (Å²) in [6, 6.07) is 1.71. The Bertz CT molecular complexity index is 547. The molecule has 0 aromatic carbocycles. The van der Waals surface area contributed by atoms with Crippen molar-refractivity contribution in [3.63, 3.8) is 0 Å². The lowest BCUT2D eigenvalue weighted by atomic mass is 10.2. The molecule has 0 saturated carbocycles. The van der Waals surface area contributed by atoms with Gasteiger partial charge in [-0.05, 0) is 26.2 Å². The van der Waals surface area contributed by atoms with Crippen molar-refractivity contribution in [3.05, 3.63) is 23.2 Å². The standard InChI is InChI=1S/C10H11N3O2S2/c1-5-4-7(6(2)15-5)8(14)11-9-12-13-10(16-3)17-9/h4H,1-3H3,(H,11,12,14). The van der Waals surface area contributed by atoms with Gasteiger partial charge in [0.05, 0.1) is 5.56 Å². The minimum Gasteiger partial charge on any atom is -0.466 e. The number of nitrogens with zero attached hydrogens (tertiary/aromatic N) is 2. The average molecular weight is 269 g/mol. The number of aromatic nitrogens is 2. The first-order valence-corrected chi connectivity index (χ1v) is 6.90. The maximum Gasteiger partial charge on any atom is 0.261 e. The second-order valence-corrected chi connectivity index (χ2v) is 5.39. The van der Waals surface area contributed by atoms with Crippen molar-refractivity contribution in [3.8, 4) is 0 Å². The zero-order valence-electron chi connectivity index (χ0n) is 9.60. The summed E-state index contributed by atoms with van der Waals surface area (Å²) in [4.78, 5) is 11.9. The third-order valence-corrected chi connectivity index (χ3v) is 3.90. The normalized spacial score (nSPS) is 10.5. The Morgan fingerprint density at radius 1 is 1.47 bits per heavy atom. The summed E-state index contributed by atoms with van der Waals surface area (Å²) < 4.78 is 6.12. The quantitative estimate of drug-likeness (QED) is 0.685. The van der Waals surface area contributed by atoms with Crippen molar-refractivity contribution < 1.29 is 9.21 Å². The van der Waals surface area contributed by atoms with E-state index in [0.717, 1.165) is 10.1 Å². The lowest BCUT2D eigenvalue weighted by molar-refractivity contribution is 0.102. The third-order valence-electron chi connectivity index (χ3n) is 2.09. The summed E-state index contributed by atoms with van der Waals surface area (Å²) in [5.74, 6) is 1.10. The minimum absolute atomic E-state index is 0.219. The molecule has 0 spiro atoms. The molecule has 2 aromatic heterocycles. The zero-order chi connectivity index (χ0) is 12.4. The highest BCUT2D eigenvalue weighted by atomic mass is 32.2. The molecule has 0 unspecified atom stereocenters. The van der Waals surface area contributed by atoms with Gasteiger partial charge in [0.2, 0.25) is 5.13 Å². The molecule has 1 N–H and O–H groups in total. The number of anilines is 1. The number of carbonyl (C=O) groups is 1. The summed E-state index contributed by atoms with van der Waals surface area (Å²) in [6.07, 6.45) is 1.91. The fourth-order valence-corrected chi connectivity index (χ4v) is 2.53. The number of nitrogens with one attached hydrogen (secondary N) is 1. The van der Waals surface area contributed by atoms with E-state index in [-0.39, 0.29) is 5.91 Å². The highest BCUT2D eigenvalue weighted by Gasteiger charge is 2.15. The predicted octanol–water partition coefficient (Wildman–Crippen LogP) is 2.72. The second-order valence-electron chi connectivity index (χ2n) is 3.36. The number of rotatable bonds is 3. The van der Waals surface area contributed by atoms with E-state index in [1.807, 2.05) is 6.26 Å². The van der Waals surface area contributed by atoms with Crippen molar-refractivity contribution >= 4 is 34.1 Å². The molecular weight excluding hydrogens is 258 g/mol. The predicted molar refractivity (Wildman–Crippen MR) is 67.8 cm³/mol. The molecular formula is C10H11N3O2S2. The van der Waals surface area contributed by atoms with E-state index < -0.39 is 0 Å². The molecule has 0 atom stereocenters. The van der Waals surface area contributed by atoms with Crippen LogP contribution < -0.4 is 5.32 Å². The van der Waals surface area contributed by atoms with Crippen molar-refractivity contribution in [1.82, 2.24) is 10.2 Å². The topological polar surface area (TPSA) is 68.0 Å². The molecule has 0 saturated heterocycles. The Morgan fingerprint density at radius 2 is 2.24 bits per heavy atom. The molecule has 2 heterocycles. The molecule has 5 nitrogen and oxygen atoms in total. The van der Waals surface area contributed by atoms with E-state index in [2.05, 4.69) is 15.5 Å². The first kappa shape index (κ1) is 12.1.